The van der Waals surface area contributed by atoms with Crippen LogP contribution in [0.2, 0.25) is 0 Å². The maximum Gasteiger partial charge on any atom is 0.0615 e. The van der Waals surface area contributed by atoms with Gasteiger partial charge in [-0.15, -0.1) is 0 Å². The average molecular weight is 281 g/mol. The van der Waals surface area contributed by atoms with Crippen LogP contribution in [0.3, 0.4) is 0 Å². The van der Waals surface area contributed by atoms with Gasteiger partial charge in [0, 0.05) is 51.8 Å². The standard InChI is InChI=1S/C15H27N3O2/c1-12-5-6-17-10-14(12)15(9-16)18(7-8-19-3)13(2)11-20-4/h5-6,10,13,15H,7-9,11,16H2,1-4H3. The summed E-state index contributed by atoms with van der Waals surface area (Å²) in [5.74, 6) is 0. The molecule has 1 aromatic heterocycles. The van der Waals surface area contributed by atoms with Crippen LogP contribution in [-0.4, -0.2) is 56.4 Å². The second-order valence-corrected chi connectivity index (χ2v) is 5.02. The zero-order valence-corrected chi connectivity index (χ0v) is 13.0. The summed E-state index contributed by atoms with van der Waals surface area (Å²) in [4.78, 5) is 6.57. The highest BCUT2D eigenvalue weighted by Crippen LogP contribution is 2.24. The van der Waals surface area contributed by atoms with Gasteiger partial charge in [-0.1, -0.05) is 0 Å². The number of pyridine rings is 1. The van der Waals surface area contributed by atoms with Crippen LogP contribution in [0.1, 0.15) is 24.1 Å². The highest BCUT2D eigenvalue weighted by molar-refractivity contribution is 5.25. The van der Waals surface area contributed by atoms with E-state index in [1.54, 1.807) is 14.2 Å². The van der Waals surface area contributed by atoms with Crippen LogP contribution in [0.4, 0.5) is 0 Å². The monoisotopic (exact) mass is 281 g/mol. The molecule has 0 spiro atoms. The first-order valence-corrected chi connectivity index (χ1v) is 6.99. The lowest BCUT2D eigenvalue weighted by molar-refractivity contribution is 0.0484. The van der Waals surface area contributed by atoms with Crippen molar-refractivity contribution in [2.45, 2.75) is 25.9 Å². The Bertz CT molecular complexity index is 387. The molecule has 1 aromatic rings. The number of ether oxygens (including phenoxy) is 2. The van der Waals surface area contributed by atoms with Crippen molar-refractivity contribution in [1.82, 2.24) is 9.88 Å². The van der Waals surface area contributed by atoms with Gasteiger partial charge in [-0.05, 0) is 31.0 Å². The van der Waals surface area contributed by atoms with Gasteiger partial charge in [0.1, 0.15) is 0 Å². The van der Waals surface area contributed by atoms with Gasteiger partial charge >= 0.3 is 0 Å². The van der Waals surface area contributed by atoms with Crippen LogP contribution in [-0.2, 0) is 9.47 Å². The Kier molecular flexibility index (Phi) is 7.69. The molecule has 0 aliphatic heterocycles. The lowest BCUT2D eigenvalue weighted by atomic mass is 10.0. The first-order valence-electron chi connectivity index (χ1n) is 6.99. The van der Waals surface area contributed by atoms with Crippen molar-refractivity contribution in [1.29, 1.82) is 0 Å². The number of nitrogens with zero attached hydrogens (tertiary/aromatic N) is 2. The fourth-order valence-electron chi connectivity index (χ4n) is 2.48. The Hall–Kier alpha value is -1.01. The summed E-state index contributed by atoms with van der Waals surface area (Å²) in [5.41, 5.74) is 8.41. The Labute approximate surface area is 122 Å². The number of hydrogen-bond donors (Lipinski definition) is 1. The largest absolute Gasteiger partial charge is 0.383 e. The molecule has 0 fully saturated rings. The minimum atomic E-state index is 0.129. The summed E-state index contributed by atoms with van der Waals surface area (Å²) in [5, 5.41) is 0. The summed E-state index contributed by atoms with van der Waals surface area (Å²) >= 11 is 0. The van der Waals surface area contributed by atoms with E-state index in [1.807, 2.05) is 18.5 Å². The fraction of sp³-hybridized carbons (Fsp3) is 0.667. The maximum absolute atomic E-state index is 6.03. The fourth-order valence-corrected chi connectivity index (χ4v) is 2.48. The Morgan fingerprint density at radius 3 is 2.65 bits per heavy atom. The van der Waals surface area contributed by atoms with Crippen LogP contribution in [0.15, 0.2) is 18.5 Å². The number of nitrogens with two attached hydrogens (primary N) is 1. The van der Waals surface area contributed by atoms with Gasteiger partial charge in [0.05, 0.1) is 13.2 Å². The smallest absolute Gasteiger partial charge is 0.0615 e. The summed E-state index contributed by atoms with van der Waals surface area (Å²) in [7, 11) is 3.43. The number of hydrogen-bond acceptors (Lipinski definition) is 5. The van der Waals surface area contributed by atoms with Crippen molar-refractivity contribution < 1.29 is 9.47 Å². The molecule has 114 valence electrons. The third-order valence-corrected chi connectivity index (χ3v) is 3.59. The Morgan fingerprint density at radius 1 is 1.35 bits per heavy atom. The van der Waals surface area contributed by atoms with E-state index in [-0.39, 0.29) is 12.1 Å². The Balaban J connectivity index is 2.97. The quantitative estimate of drug-likeness (QED) is 0.741. The van der Waals surface area contributed by atoms with E-state index in [1.165, 1.54) is 11.1 Å². The van der Waals surface area contributed by atoms with Crippen molar-refractivity contribution in [3.8, 4) is 0 Å². The van der Waals surface area contributed by atoms with Crippen molar-refractivity contribution >= 4 is 0 Å². The minimum Gasteiger partial charge on any atom is -0.383 e. The van der Waals surface area contributed by atoms with E-state index in [0.29, 0.717) is 19.8 Å². The van der Waals surface area contributed by atoms with Crippen molar-refractivity contribution in [3.05, 3.63) is 29.6 Å². The molecule has 0 aliphatic carbocycles. The predicted octanol–water partition coefficient (Wildman–Crippen LogP) is 1.37. The van der Waals surface area contributed by atoms with E-state index in [2.05, 4.69) is 23.7 Å². The van der Waals surface area contributed by atoms with Gasteiger partial charge in [-0.25, -0.2) is 0 Å². The molecule has 0 amide bonds. The van der Waals surface area contributed by atoms with Crippen LogP contribution in [0.5, 0.6) is 0 Å². The molecule has 1 rings (SSSR count). The molecule has 5 heteroatoms. The predicted molar refractivity (Wildman–Crippen MR) is 80.7 cm³/mol. The topological polar surface area (TPSA) is 60.6 Å². The summed E-state index contributed by atoms with van der Waals surface area (Å²) in [6, 6.07) is 2.42. The number of methoxy groups -OCH3 is 2. The van der Waals surface area contributed by atoms with Gasteiger partial charge < -0.3 is 15.2 Å². The molecule has 0 saturated heterocycles. The lowest BCUT2D eigenvalue weighted by Gasteiger charge is -2.36. The van der Waals surface area contributed by atoms with Crippen LogP contribution in [0, 0.1) is 6.92 Å². The van der Waals surface area contributed by atoms with Crippen molar-refractivity contribution in [2.75, 3.05) is 40.5 Å². The molecule has 1 heterocycles. The highest BCUT2D eigenvalue weighted by atomic mass is 16.5. The zero-order chi connectivity index (χ0) is 15.0. The van der Waals surface area contributed by atoms with Gasteiger partial charge in [0.25, 0.3) is 0 Å². The van der Waals surface area contributed by atoms with E-state index in [9.17, 15) is 0 Å². The van der Waals surface area contributed by atoms with Crippen molar-refractivity contribution in [2.24, 2.45) is 5.73 Å². The van der Waals surface area contributed by atoms with E-state index < -0.39 is 0 Å². The van der Waals surface area contributed by atoms with E-state index in [0.717, 1.165) is 6.54 Å². The van der Waals surface area contributed by atoms with Crippen molar-refractivity contribution in [3.63, 3.8) is 0 Å². The van der Waals surface area contributed by atoms with Gasteiger partial charge in [0.15, 0.2) is 0 Å². The average Bonchev–Trinajstić information content (AvgIpc) is 2.45. The third-order valence-electron chi connectivity index (χ3n) is 3.59. The second kappa shape index (κ2) is 9.02. The molecule has 0 radical (unpaired) electrons. The number of aryl methyl sites for hydroxylation is 1. The van der Waals surface area contributed by atoms with Gasteiger partial charge in [0.2, 0.25) is 0 Å². The molecule has 2 unspecified atom stereocenters. The summed E-state index contributed by atoms with van der Waals surface area (Å²) < 4.78 is 10.5. The van der Waals surface area contributed by atoms with E-state index >= 15 is 0 Å². The molecular formula is C15H27N3O2. The molecule has 0 aromatic carbocycles. The summed E-state index contributed by atoms with van der Waals surface area (Å²) in [6.07, 6.45) is 3.72. The maximum atomic E-state index is 6.03. The zero-order valence-electron chi connectivity index (χ0n) is 13.0. The SMILES string of the molecule is COCCN(C(C)COC)C(CN)c1cnccc1C. The normalized spacial score (nSPS) is 14.5. The van der Waals surface area contributed by atoms with Gasteiger partial charge in [-0.2, -0.15) is 0 Å². The second-order valence-electron chi connectivity index (χ2n) is 5.02. The Morgan fingerprint density at radius 2 is 2.10 bits per heavy atom. The lowest BCUT2D eigenvalue weighted by Crippen LogP contribution is -2.44. The molecular weight excluding hydrogens is 254 g/mol. The first-order chi connectivity index (χ1) is 9.65. The van der Waals surface area contributed by atoms with Crippen LogP contribution in [0.25, 0.3) is 0 Å². The minimum absolute atomic E-state index is 0.129. The molecule has 0 saturated carbocycles. The molecule has 2 atom stereocenters. The first kappa shape index (κ1) is 17.0. The molecule has 20 heavy (non-hydrogen) atoms. The molecule has 5 nitrogen and oxygen atoms in total. The molecule has 2 N–H and O–H groups in total. The molecule has 0 aliphatic rings. The van der Waals surface area contributed by atoms with Crippen LogP contribution >= 0.6 is 0 Å². The third kappa shape index (κ3) is 4.52. The summed E-state index contributed by atoms with van der Waals surface area (Å²) in [6.45, 7) is 6.94. The van der Waals surface area contributed by atoms with Crippen LogP contribution < -0.4 is 5.73 Å². The molecule has 0 bridgehead atoms. The van der Waals surface area contributed by atoms with E-state index in [4.69, 9.17) is 15.2 Å². The number of rotatable bonds is 9. The highest BCUT2D eigenvalue weighted by Gasteiger charge is 2.25. The number of aromatic nitrogens is 1. The van der Waals surface area contributed by atoms with Gasteiger partial charge in [-0.3, -0.25) is 9.88 Å².